The van der Waals surface area contributed by atoms with Crippen LogP contribution in [0.4, 0.5) is 0 Å². The zero-order chi connectivity index (χ0) is 12.1. The number of ether oxygens (including phenoxy) is 2. The maximum Gasteiger partial charge on any atom is 0.164 e. The number of methoxy groups -OCH3 is 2. The Morgan fingerprint density at radius 3 is 2.50 bits per heavy atom. The monoisotopic (exact) mass is 243 g/mol. The van der Waals surface area contributed by atoms with E-state index >= 15 is 0 Å². The number of nitrogens with two attached hydrogens (primary N) is 1. The summed E-state index contributed by atoms with van der Waals surface area (Å²) in [7, 11) is 3.23. The standard InChI is InChI=1S/C12H18ClNO2/c1-8(4-5-14)10-6-9(13)7-11(15-2)12(10)16-3/h6-8H,4-5,14H2,1-3H3. The van der Waals surface area contributed by atoms with Gasteiger partial charge in [0.25, 0.3) is 0 Å². The molecule has 0 heterocycles. The fraction of sp³-hybridized carbons (Fsp3) is 0.500. The lowest BCUT2D eigenvalue weighted by Gasteiger charge is -2.18. The normalized spacial score (nSPS) is 12.3. The highest BCUT2D eigenvalue weighted by atomic mass is 35.5. The van der Waals surface area contributed by atoms with Gasteiger partial charge in [0.15, 0.2) is 11.5 Å². The van der Waals surface area contributed by atoms with Crippen molar-refractivity contribution in [3.63, 3.8) is 0 Å². The smallest absolute Gasteiger partial charge is 0.164 e. The van der Waals surface area contributed by atoms with Gasteiger partial charge < -0.3 is 15.2 Å². The third kappa shape index (κ3) is 2.80. The van der Waals surface area contributed by atoms with E-state index in [1.54, 1.807) is 20.3 Å². The molecule has 1 aromatic carbocycles. The van der Waals surface area contributed by atoms with Gasteiger partial charge in [0, 0.05) is 16.7 Å². The second kappa shape index (κ2) is 5.97. The van der Waals surface area contributed by atoms with Crippen LogP contribution in [0.15, 0.2) is 12.1 Å². The van der Waals surface area contributed by atoms with Gasteiger partial charge in [0.2, 0.25) is 0 Å². The summed E-state index contributed by atoms with van der Waals surface area (Å²) in [5, 5.41) is 0.650. The number of hydrogen-bond donors (Lipinski definition) is 1. The summed E-state index contributed by atoms with van der Waals surface area (Å²) < 4.78 is 10.6. The highest BCUT2D eigenvalue weighted by Gasteiger charge is 2.16. The fourth-order valence-corrected chi connectivity index (χ4v) is 1.95. The van der Waals surface area contributed by atoms with E-state index in [0.717, 1.165) is 17.7 Å². The van der Waals surface area contributed by atoms with Crippen molar-refractivity contribution in [1.82, 2.24) is 0 Å². The summed E-state index contributed by atoms with van der Waals surface area (Å²) in [6, 6.07) is 3.66. The second-order valence-corrected chi connectivity index (χ2v) is 4.15. The largest absolute Gasteiger partial charge is 0.493 e. The molecule has 1 atom stereocenters. The van der Waals surface area contributed by atoms with Gasteiger partial charge in [0.05, 0.1) is 14.2 Å². The van der Waals surface area contributed by atoms with Crippen LogP contribution in [0.1, 0.15) is 24.8 Å². The van der Waals surface area contributed by atoms with Crippen LogP contribution in [0.2, 0.25) is 5.02 Å². The van der Waals surface area contributed by atoms with Gasteiger partial charge in [-0.05, 0) is 24.9 Å². The highest BCUT2D eigenvalue weighted by molar-refractivity contribution is 6.30. The quantitative estimate of drug-likeness (QED) is 0.865. The van der Waals surface area contributed by atoms with Gasteiger partial charge in [-0.1, -0.05) is 18.5 Å². The van der Waals surface area contributed by atoms with Crippen molar-refractivity contribution >= 4 is 11.6 Å². The van der Waals surface area contributed by atoms with Crippen molar-refractivity contribution in [3.05, 3.63) is 22.7 Å². The molecule has 0 aliphatic rings. The molecule has 1 aromatic rings. The Balaban J connectivity index is 3.19. The summed E-state index contributed by atoms with van der Waals surface area (Å²) in [5.41, 5.74) is 6.60. The van der Waals surface area contributed by atoms with Gasteiger partial charge in [-0.15, -0.1) is 0 Å². The Morgan fingerprint density at radius 1 is 1.31 bits per heavy atom. The molecular formula is C12H18ClNO2. The SMILES string of the molecule is COc1cc(Cl)cc(C(C)CCN)c1OC. The third-order valence-corrected chi connectivity index (χ3v) is 2.82. The van der Waals surface area contributed by atoms with Crippen molar-refractivity contribution in [2.75, 3.05) is 20.8 Å². The molecule has 0 spiro atoms. The third-order valence-electron chi connectivity index (χ3n) is 2.60. The van der Waals surface area contributed by atoms with E-state index < -0.39 is 0 Å². The zero-order valence-electron chi connectivity index (χ0n) is 9.92. The molecule has 1 unspecified atom stereocenters. The average molecular weight is 244 g/mol. The van der Waals surface area contributed by atoms with Gasteiger partial charge in [-0.3, -0.25) is 0 Å². The Labute approximate surface area is 101 Å². The lowest BCUT2D eigenvalue weighted by molar-refractivity contribution is 0.349. The Morgan fingerprint density at radius 2 is 2.00 bits per heavy atom. The molecular weight excluding hydrogens is 226 g/mol. The second-order valence-electron chi connectivity index (χ2n) is 3.71. The molecule has 0 bridgehead atoms. The van der Waals surface area contributed by atoms with E-state index in [-0.39, 0.29) is 0 Å². The van der Waals surface area contributed by atoms with E-state index in [1.165, 1.54) is 0 Å². The van der Waals surface area contributed by atoms with E-state index in [0.29, 0.717) is 23.2 Å². The summed E-state index contributed by atoms with van der Waals surface area (Å²) in [6.45, 7) is 2.74. The van der Waals surface area contributed by atoms with Crippen LogP contribution in [-0.2, 0) is 0 Å². The first-order chi connectivity index (χ1) is 7.63. The first-order valence-electron chi connectivity index (χ1n) is 5.25. The number of halogens is 1. The Bertz CT molecular complexity index is 355. The lowest BCUT2D eigenvalue weighted by Crippen LogP contribution is -2.06. The minimum Gasteiger partial charge on any atom is -0.493 e. The van der Waals surface area contributed by atoms with Crippen molar-refractivity contribution in [3.8, 4) is 11.5 Å². The van der Waals surface area contributed by atoms with Crippen LogP contribution < -0.4 is 15.2 Å². The first kappa shape index (κ1) is 13.1. The topological polar surface area (TPSA) is 44.5 Å². The number of benzene rings is 1. The number of hydrogen-bond acceptors (Lipinski definition) is 3. The van der Waals surface area contributed by atoms with Crippen LogP contribution >= 0.6 is 11.6 Å². The Hall–Kier alpha value is -0.930. The molecule has 0 aromatic heterocycles. The summed E-state index contributed by atoms with van der Waals surface area (Å²) in [4.78, 5) is 0. The van der Waals surface area contributed by atoms with Gasteiger partial charge >= 0.3 is 0 Å². The maximum absolute atomic E-state index is 6.04. The summed E-state index contributed by atoms with van der Waals surface area (Å²) in [6.07, 6.45) is 0.889. The average Bonchev–Trinajstić information content (AvgIpc) is 2.28. The molecule has 3 nitrogen and oxygen atoms in total. The first-order valence-corrected chi connectivity index (χ1v) is 5.63. The van der Waals surface area contributed by atoms with Crippen molar-refractivity contribution < 1.29 is 9.47 Å². The minimum atomic E-state index is 0.299. The molecule has 4 heteroatoms. The van der Waals surface area contributed by atoms with Crippen LogP contribution in [0.5, 0.6) is 11.5 Å². The molecule has 1 rings (SSSR count). The molecule has 0 aliphatic heterocycles. The molecule has 2 N–H and O–H groups in total. The predicted molar refractivity (Wildman–Crippen MR) is 66.6 cm³/mol. The molecule has 16 heavy (non-hydrogen) atoms. The van der Waals surface area contributed by atoms with Gasteiger partial charge in [0.1, 0.15) is 0 Å². The van der Waals surface area contributed by atoms with Crippen LogP contribution in [0.25, 0.3) is 0 Å². The van der Waals surface area contributed by atoms with Gasteiger partial charge in [-0.2, -0.15) is 0 Å². The van der Waals surface area contributed by atoms with Crippen LogP contribution in [0, 0.1) is 0 Å². The van der Waals surface area contributed by atoms with Crippen molar-refractivity contribution in [2.45, 2.75) is 19.3 Å². The van der Waals surface area contributed by atoms with E-state index in [1.807, 2.05) is 6.07 Å². The fourth-order valence-electron chi connectivity index (χ4n) is 1.73. The van der Waals surface area contributed by atoms with E-state index in [2.05, 4.69) is 6.92 Å². The molecule has 0 radical (unpaired) electrons. The molecule has 90 valence electrons. The maximum atomic E-state index is 6.04. The van der Waals surface area contributed by atoms with E-state index in [4.69, 9.17) is 26.8 Å². The molecule has 0 fully saturated rings. The van der Waals surface area contributed by atoms with Crippen LogP contribution in [0.3, 0.4) is 0 Å². The summed E-state index contributed by atoms with van der Waals surface area (Å²) >= 11 is 6.04. The molecule has 0 aliphatic carbocycles. The molecule has 0 saturated carbocycles. The minimum absolute atomic E-state index is 0.299. The number of rotatable bonds is 5. The molecule has 0 amide bonds. The highest BCUT2D eigenvalue weighted by Crippen LogP contribution is 2.39. The van der Waals surface area contributed by atoms with Crippen molar-refractivity contribution in [1.29, 1.82) is 0 Å². The zero-order valence-corrected chi connectivity index (χ0v) is 10.7. The van der Waals surface area contributed by atoms with Gasteiger partial charge in [-0.25, -0.2) is 0 Å². The molecule has 0 saturated heterocycles. The van der Waals surface area contributed by atoms with Crippen LogP contribution in [-0.4, -0.2) is 20.8 Å². The van der Waals surface area contributed by atoms with Crippen molar-refractivity contribution in [2.24, 2.45) is 5.73 Å². The predicted octanol–water partition coefficient (Wildman–Crippen LogP) is 2.81. The van der Waals surface area contributed by atoms with E-state index in [9.17, 15) is 0 Å². The summed E-state index contributed by atoms with van der Waals surface area (Å²) in [5.74, 6) is 1.70. The Kier molecular flexibility index (Phi) is 4.90. The lowest BCUT2D eigenvalue weighted by atomic mass is 9.96.